The summed E-state index contributed by atoms with van der Waals surface area (Å²) < 4.78 is 5.76. The number of nitrogens with one attached hydrogen (secondary N) is 1. The number of rotatable bonds is 7. The molecule has 3 atom stereocenters. The van der Waals surface area contributed by atoms with Gasteiger partial charge in [-0.05, 0) is 54.7 Å². The summed E-state index contributed by atoms with van der Waals surface area (Å²) in [6.45, 7) is 11.0. The largest absolute Gasteiger partial charge is 0.494 e. The van der Waals surface area contributed by atoms with E-state index in [-0.39, 0.29) is 0 Å². The molecule has 0 heterocycles. The molecule has 1 aromatic rings. The smallest absolute Gasteiger partial charge is 0.119 e. The second-order valence-electron chi connectivity index (χ2n) is 7.08. The van der Waals surface area contributed by atoms with Gasteiger partial charge in [-0.3, -0.25) is 0 Å². The van der Waals surface area contributed by atoms with Gasteiger partial charge in [0.15, 0.2) is 0 Å². The Balaban J connectivity index is 1.74. The average molecular weight is 289 g/mol. The first-order valence-electron chi connectivity index (χ1n) is 8.51. The Bertz CT molecular complexity index is 412. The Labute approximate surface area is 130 Å². The van der Waals surface area contributed by atoms with Crippen LogP contribution in [0.4, 0.5) is 0 Å². The minimum absolute atomic E-state index is 0.682. The van der Waals surface area contributed by atoms with Gasteiger partial charge in [0.25, 0.3) is 0 Å². The van der Waals surface area contributed by atoms with Crippen LogP contribution in [0.3, 0.4) is 0 Å². The lowest BCUT2D eigenvalue weighted by Gasteiger charge is -2.19. The quantitative estimate of drug-likeness (QED) is 0.790. The third kappa shape index (κ3) is 5.03. The van der Waals surface area contributed by atoms with Crippen LogP contribution in [-0.2, 0) is 6.54 Å². The topological polar surface area (TPSA) is 21.3 Å². The molecule has 0 aromatic heterocycles. The summed E-state index contributed by atoms with van der Waals surface area (Å²) in [6.07, 6.45) is 3.79. The highest BCUT2D eigenvalue weighted by molar-refractivity contribution is 5.27. The van der Waals surface area contributed by atoms with Crippen LogP contribution in [0, 0.1) is 17.8 Å². The molecule has 3 unspecified atom stereocenters. The Morgan fingerprint density at radius 1 is 1.14 bits per heavy atom. The van der Waals surface area contributed by atoms with Gasteiger partial charge in [-0.1, -0.05) is 39.8 Å². The van der Waals surface area contributed by atoms with E-state index in [0.717, 1.165) is 37.2 Å². The summed E-state index contributed by atoms with van der Waals surface area (Å²) in [5.74, 6) is 3.34. The van der Waals surface area contributed by atoms with E-state index in [4.69, 9.17) is 4.74 Å². The fraction of sp³-hybridized carbons (Fsp3) is 0.684. The van der Waals surface area contributed by atoms with Gasteiger partial charge in [-0.2, -0.15) is 0 Å². The number of ether oxygens (including phenoxy) is 1. The predicted molar refractivity (Wildman–Crippen MR) is 89.6 cm³/mol. The van der Waals surface area contributed by atoms with Crippen molar-refractivity contribution in [1.82, 2.24) is 5.32 Å². The lowest BCUT2D eigenvalue weighted by atomic mass is 9.98. The van der Waals surface area contributed by atoms with Gasteiger partial charge in [0.05, 0.1) is 6.61 Å². The maximum absolute atomic E-state index is 5.76. The molecular formula is C19H31NO. The van der Waals surface area contributed by atoms with Gasteiger partial charge < -0.3 is 10.1 Å². The van der Waals surface area contributed by atoms with Crippen LogP contribution >= 0.6 is 0 Å². The molecule has 1 aromatic carbocycles. The van der Waals surface area contributed by atoms with Crippen LogP contribution in [-0.4, -0.2) is 12.6 Å². The normalized spacial score (nSPS) is 25.5. The minimum atomic E-state index is 0.682. The van der Waals surface area contributed by atoms with Crippen LogP contribution in [0.2, 0.25) is 0 Å². The lowest BCUT2D eigenvalue weighted by molar-refractivity contribution is 0.289. The molecule has 2 nitrogen and oxygen atoms in total. The van der Waals surface area contributed by atoms with Gasteiger partial charge in [-0.25, -0.2) is 0 Å². The molecule has 1 saturated carbocycles. The molecule has 2 heteroatoms. The minimum Gasteiger partial charge on any atom is -0.494 e. The summed E-state index contributed by atoms with van der Waals surface area (Å²) in [4.78, 5) is 0. The molecule has 0 spiro atoms. The summed E-state index contributed by atoms with van der Waals surface area (Å²) in [7, 11) is 0. The maximum atomic E-state index is 5.76. The SMILES string of the molecule is CC(C)CCOc1ccc(CNC2CCC(C)C2C)cc1. The van der Waals surface area contributed by atoms with Gasteiger partial charge in [-0.15, -0.1) is 0 Å². The summed E-state index contributed by atoms with van der Waals surface area (Å²) in [5, 5.41) is 3.71. The molecule has 1 aliphatic rings. The molecule has 21 heavy (non-hydrogen) atoms. The van der Waals surface area contributed by atoms with Gasteiger partial charge >= 0.3 is 0 Å². The van der Waals surface area contributed by atoms with E-state index < -0.39 is 0 Å². The summed E-state index contributed by atoms with van der Waals surface area (Å²) in [5.41, 5.74) is 1.35. The monoisotopic (exact) mass is 289 g/mol. The van der Waals surface area contributed by atoms with Crippen molar-refractivity contribution in [2.75, 3.05) is 6.61 Å². The van der Waals surface area contributed by atoms with Crippen molar-refractivity contribution < 1.29 is 4.74 Å². The Hall–Kier alpha value is -1.02. The van der Waals surface area contributed by atoms with E-state index >= 15 is 0 Å². The van der Waals surface area contributed by atoms with E-state index in [0.29, 0.717) is 12.0 Å². The fourth-order valence-electron chi connectivity index (χ4n) is 3.02. The lowest BCUT2D eigenvalue weighted by Crippen LogP contribution is -2.31. The molecule has 0 saturated heterocycles. The van der Waals surface area contributed by atoms with Crippen molar-refractivity contribution in [2.45, 2.75) is 59.5 Å². The van der Waals surface area contributed by atoms with E-state index in [9.17, 15) is 0 Å². The van der Waals surface area contributed by atoms with Crippen molar-refractivity contribution in [2.24, 2.45) is 17.8 Å². The second kappa shape index (κ2) is 7.84. The molecule has 1 fully saturated rings. The molecule has 0 radical (unpaired) electrons. The Morgan fingerprint density at radius 3 is 2.43 bits per heavy atom. The first kappa shape index (κ1) is 16.4. The Kier molecular flexibility index (Phi) is 6.10. The van der Waals surface area contributed by atoms with Gasteiger partial charge in [0, 0.05) is 12.6 Å². The van der Waals surface area contributed by atoms with Crippen LogP contribution in [0.15, 0.2) is 24.3 Å². The number of hydrogen-bond acceptors (Lipinski definition) is 2. The third-order valence-electron chi connectivity index (χ3n) is 4.92. The van der Waals surface area contributed by atoms with Crippen molar-refractivity contribution >= 4 is 0 Å². The highest BCUT2D eigenvalue weighted by Crippen LogP contribution is 2.31. The van der Waals surface area contributed by atoms with Crippen molar-refractivity contribution in [3.05, 3.63) is 29.8 Å². The zero-order valence-electron chi connectivity index (χ0n) is 14.1. The van der Waals surface area contributed by atoms with E-state index in [1.165, 1.54) is 18.4 Å². The zero-order chi connectivity index (χ0) is 15.2. The predicted octanol–water partition coefficient (Wildman–Crippen LogP) is 4.64. The molecule has 0 bridgehead atoms. The molecule has 2 rings (SSSR count). The molecule has 118 valence electrons. The Morgan fingerprint density at radius 2 is 1.86 bits per heavy atom. The fourth-order valence-corrected chi connectivity index (χ4v) is 3.02. The standard InChI is InChI=1S/C19H31NO/c1-14(2)11-12-21-18-8-6-17(7-9-18)13-20-19-10-5-15(3)16(19)4/h6-9,14-16,19-20H,5,10-13H2,1-4H3. The van der Waals surface area contributed by atoms with Crippen LogP contribution in [0.5, 0.6) is 5.75 Å². The van der Waals surface area contributed by atoms with E-state index in [1.54, 1.807) is 0 Å². The number of hydrogen-bond donors (Lipinski definition) is 1. The highest BCUT2D eigenvalue weighted by atomic mass is 16.5. The summed E-state index contributed by atoms with van der Waals surface area (Å²) >= 11 is 0. The molecule has 1 N–H and O–H groups in total. The van der Waals surface area contributed by atoms with Crippen LogP contribution in [0.1, 0.15) is 52.5 Å². The van der Waals surface area contributed by atoms with Crippen molar-refractivity contribution in [3.8, 4) is 5.75 Å². The number of benzene rings is 1. The van der Waals surface area contributed by atoms with E-state index in [2.05, 4.69) is 57.3 Å². The van der Waals surface area contributed by atoms with Gasteiger partial charge in [0.2, 0.25) is 0 Å². The molecule has 0 amide bonds. The average Bonchev–Trinajstić information content (AvgIpc) is 2.78. The van der Waals surface area contributed by atoms with E-state index in [1.807, 2.05) is 0 Å². The van der Waals surface area contributed by atoms with Crippen LogP contribution < -0.4 is 10.1 Å². The van der Waals surface area contributed by atoms with Gasteiger partial charge in [0.1, 0.15) is 5.75 Å². The third-order valence-corrected chi connectivity index (χ3v) is 4.92. The molecule has 0 aliphatic heterocycles. The second-order valence-corrected chi connectivity index (χ2v) is 7.08. The maximum Gasteiger partial charge on any atom is 0.119 e. The molecule has 1 aliphatic carbocycles. The first-order chi connectivity index (χ1) is 10.1. The summed E-state index contributed by atoms with van der Waals surface area (Å²) in [6, 6.07) is 9.24. The van der Waals surface area contributed by atoms with Crippen molar-refractivity contribution in [3.63, 3.8) is 0 Å². The zero-order valence-corrected chi connectivity index (χ0v) is 14.1. The highest BCUT2D eigenvalue weighted by Gasteiger charge is 2.28. The van der Waals surface area contributed by atoms with Crippen molar-refractivity contribution in [1.29, 1.82) is 0 Å². The van der Waals surface area contributed by atoms with Crippen LogP contribution in [0.25, 0.3) is 0 Å². The molecular weight excluding hydrogens is 258 g/mol. The first-order valence-corrected chi connectivity index (χ1v) is 8.51.